The van der Waals surface area contributed by atoms with Gasteiger partial charge in [-0.05, 0) is 24.3 Å². The number of carbonyl (C=O) groups excluding carboxylic acids is 1. The number of hydrogen-bond donors (Lipinski definition) is 2. The SMILES string of the molecule is COc1ccccc1Nc1ncc(C(=O)Nc2ccccc2C(F)(F)F)cn1. The molecule has 144 valence electrons. The third-order valence-electron chi connectivity index (χ3n) is 3.75. The highest BCUT2D eigenvalue weighted by Crippen LogP contribution is 2.34. The highest BCUT2D eigenvalue weighted by atomic mass is 19.4. The van der Waals surface area contributed by atoms with Crippen LogP contribution >= 0.6 is 0 Å². The lowest BCUT2D eigenvalue weighted by Gasteiger charge is -2.13. The maximum atomic E-state index is 13.0. The van der Waals surface area contributed by atoms with Crippen LogP contribution in [0.2, 0.25) is 0 Å². The molecular formula is C19H15F3N4O2. The zero-order valence-corrected chi connectivity index (χ0v) is 14.6. The number of benzene rings is 2. The molecule has 0 unspecified atom stereocenters. The van der Waals surface area contributed by atoms with Crippen molar-refractivity contribution in [1.82, 2.24) is 9.97 Å². The van der Waals surface area contributed by atoms with E-state index in [0.717, 1.165) is 6.07 Å². The van der Waals surface area contributed by atoms with Crippen LogP contribution in [-0.2, 0) is 6.18 Å². The van der Waals surface area contributed by atoms with Crippen LogP contribution < -0.4 is 15.4 Å². The number of carbonyl (C=O) groups is 1. The molecule has 1 aromatic heterocycles. The lowest BCUT2D eigenvalue weighted by atomic mass is 10.1. The smallest absolute Gasteiger partial charge is 0.418 e. The monoisotopic (exact) mass is 388 g/mol. The molecule has 0 aliphatic heterocycles. The molecule has 3 aromatic rings. The first kappa shape index (κ1) is 19.2. The summed E-state index contributed by atoms with van der Waals surface area (Å²) in [6, 6.07) is 11.8. The van der Waals surface area contributed by atoms with Gasteiger partial charge in [-0.15, -0.1) is 0 Å². The lowest BCUT2D eigenvalue weighted by Crippen LogP contribution is -2.17. The van der Waals surface area contributed by atoms with Gasteiger partial charge in [0.15, 0.2) is 0 Å². The second-order valence-corrected chi connectivity index (χ2v) is 5.62. The Kier molecular flexibility index (Phi) is 5.44. The van der Waals surface area contributed by atoms with Crippen molar-refractivity contribution in [3.8, 4) is 5.75 Å². The van der Waals surface area contributed by atoms with Gasteiger partial charge in [0.1, 0.15) is 5.75 Å². The van der Waals surface area contributed by atoms with Gasteiger partial charge in [-0.1, -0.05) is 24.3 Å². The predicted octanol–water partition coefficient (Wildman–Crippen LogP) is 4.50. The van der Waals surface area contributed by atoms with E-state index >= 15 is 0 Å². The van der Waals surface area contributed by atoms with Gasteiger partial charge in [-0.3, -0.25) is 4.79 Å². The third kappa shape index (κ3) is 4.37. The van der Waals surface area contributed by atoms with E-state index < -0.39 is 17.6 Å². The highest BCUT2D eigenvalue weighted by Gasteiger charge is 2.33. The van der Waals surface area contributed by atoms with Crippen molar-refractivity contribution in [3.63, 3.8) is 0 Å². The standard InChI is InChI=1S/C19H15F3N4O2/c1-28-16-9-5-4-8-15(16)26-18-23-10-12(11-24-18)17(27)25-14-7-3-2-6-13(14)19(20,21)22/h2-11H,1H3,(H,25,27)(H,23,24,26). The van der Waals surface area contributed by atoms with Crippen molar-refractivity contribution in [2.45, 2.75) is 6.18 Å². The Morgan fingerprint density at radius 1 is 0.964 bits per heavy atom. The molecule has 0 fully saturated rings. The fraction of sp³-hybridized carbons (Fsp3) is 0.105. The molecule has 0 atom stereocenters. The second-order valence-electron chi connectivity index (χ2n) is 5.62. The second kappa shape index (κ2) is 7.95. The zero-order chi connectivity index (χ0) is 20.1. The number of halogens is 3. The van der Waals surface area contributed by atoms with Gasteiger partial charge in [-0.25, -0.2) is 9.97 Å². The van der Waals surface area contributed by atoms with Gasteiger partial charge in [0.25, 0.3) is 5.91 Å². The number of anilines is 3. The number of aromatic nitrogens is 2. The molecule has 9 heteroatoms. The van der Waals surface area contributed by atoms with Gasteiger partial charge in [0.05, 0.1) is 29.6 Å². The van der Waals surface area contributed by atoms with E-state index in [1.807, 2.05) is 0 Å². The van der Waals surface area contributed by atoms with Gasteiger partial charge in [-0.2, -0.15) is 13.2 Å². The Bertz CT molecular complexity index is 975. The number of rotatable bonds is 5. The number of para-hydroxylation sites is 3. The molecule has 0 aliphatic rings. The summed E-state index contributed by atoms with van der Waals surface area (Å²) in [6.45, 7) is 0. The average Bonchev–Trinajstić information content (AvgIpc) is 2.68. The van der Waals surface area contributed by atoms with Crippen LogP contribution in [-0.4, -0.2) is 23.0 Å². The minimum Gasteiger partial charge on any atom is -0.495 e. The predicted molar refractivity (Wildman–Crippen MR) is 97.7 cm³/mol. The van der Waals surface area contributed by atoms with Crippen LogP contribution in [0, 0.1) is 0 Å². The van der Waals surface area contributed by atoms with E-state index in [2.05, 4.69) is 20.6 Å². The normalized spacial score (nSPS) is 11.0. The molecule has 1 amide bonds. The molecule has 2 aromatic carbocycles. The fourth-order valence-corrected chi connectivity index (χ4v) is 2.41. The Morgan fingerprint density at radius 3 is 2.21 bits per heavy atom. The number of alkyl halides is 3. The van der Waals surface area contributed by atoms with Crippen LogP contribution in [0.25, 0.3) is 0 Å². The first-order chi connectivity index (χ1) is 13.4. The van der Waals surface area contributed by atoms with Crippen molar-refractivity contribution >= 4 is 23.2 Å². The van der Waals surface area contributed by atoms with E-state index in [4.69, 9.17) is 4.74 Å². The maximum absolute atomic E-state index is 13.0. The third-order valence-corrected chi connectivity index (χ3v) is 3.75. The van der Waals surface area contributed by atoms with E-state index in [-0.39, 0.29) is 17.2 Å². The molecule has 0 spiro atoms. The van der Waals surface area contributed by atoms with Crippen LogP contribution in [0.3, 0.4) is 0 Å². The van der Waals surface area contributed by atoms with E-state index in [1.54, 1.807) is 24.3 Å². The zero-order valence-electron chi connectivity index (χ0n) is 14.6. The molecular weight excluding hydrogens is 373 g/mol. The maximum Gasteiger partial charge on any atom is 0.418 e. The molecule has 1 heterocycles. The average molecular weight is 388 g/mol. The Morgan fingerprint density at radius 2 is 1.57 bits per heavy atom. The van der Waals surface area contributed by atoms with E-state index in [0.29, 0.717) is 11.4 Å². The molecule has 3 rings (SSSR count). The van der Waals surface area contributed by atoms with Crippen LogP contribution in [0.5, 0.6) is 5.75 Å². The largest absolute Gasteiger partial charge is 0.495 e. The molecule has 6 nitrogen and oxygen atoms in total. The van der Waals surface area contributed by atoms with Crippen LogP contribution in [0.15, 0.2) is 60.9 Å². The number of methoxy groups -OCH3 is 1. The quantitative estimate of drug-likeness (QED) is 0.673. The molecule has 0 aliphatic carbocycles. The van der Waals surface area contributed by atoms with Crippen molar-refractivity contribution in [2.24, 2.45) is 0 Å². The topological polar surface area (TPSA) is 76.1 Å². The van der Waals surface area contributed by atoms with Crippen LogP contribution in [0.1, 0.15) is 15.9 Å². The summed E-state index contributed by atoms with van der Waals surface area (Å²) in [7, 11) is 1.52. The number of amides is 1. The summed E-state index contributed by atoms with van der Waals surface area (Å²) in [5.41, 5.74) is -0.626. The van der Waals surface area contributed by atoms with Gasteiger partial charge < -0.3 is 15.4 Å². The summed E-state index contributed by atoms with van der Waals surface area (Å²) in [5, 5.41) is 5.18. The molecule has 0 radical (unpaired) electrons. The lowest BCUT2D eigenvalue weighted by molar-refractivity contribution is -0.136. The Hall–Kier alpha value is -3.62. The Labute approximate surface area is 158 Å². The summed E-state index contributed by atoms with van der Waals surface area (Å²) in [6.07, 6.45) is -2.14. The van der Waals surface area contributed by atoms with Crippen LogP contribution in [0.4, 0.5) is 30.5 Å². The molecule has 2 N–H and O–H groups in total. The number of ether oxygens (including phenoxy) is 1. The summed E-state index contributed by atoms with van der Waals surface area (Å²) in [4.78, 5) is 20.3. The molecule has 0 saturated carbocycles. The Balaban J connectivity index is 1.75. The number of nitrogens with zero attached hydrogens (tertiary/aromatic N) is 2. The molecule has 0 saturated heterocycles. The number of hydrogen-bond acceptors (Lipinski definition) is 5. The minimum absolute atomic E-state index is 0.0163. The number of nitrogens with one attached hydrogen (secondary N) is 2. The van der Waals surface area contributed by atoms with Crippen molar-refractivity contribution in [3.05, 3.63) is 72.1 Å². The fourth-order valence-electron chi connectivity index (χ4n) is 2.41. The summed E-state index contributed by atoms with van der Waals surface area (Å²) >= 11 is 0. The minimum atomic E-state index is -4.58. The molecule has 0 bridgehead atoms. The van der Waals surface area contributed by atoms with Crippen molar-refractivity contribution in [2.75, 3.05) is 17.7 Å². The van der Waals surface area contributed by atoms with Gasteiger partial charge in [0.2, 0.25) is 5.95 Å². The van der Waals surface area contributed by atoms with Gasteiger partial charge >= 0.3 is 6.18 Å². The van der Waals surface area contributed by atoms with E-state index in [1.165, 1.54) is 37.7 Å². The highest BCUT2D eigenvalue weighted by molar-refractivity contribution is 6.04. The summed E-state index contributed by atoms with van der Waals surface area (Å²) in [5.74, 6) is 0.0361. The summed E-state index contributed by atoms with van der Waals surface area (Å²) < 4.78 is 44.3. The van der Waals surface area contributed by atoms with E-state index in [9.17, 15) is 18.0 Å². The van der Waals surface area contributed by atoms with Crippen molar-refractivity contribution in [1.29, 1.82) is 0 Å². The first-order valence-electron chi connectivity index (χ1n) is 8.08. The molecule has 28 heavy (non-hydrogen) atoms. The van der Waals surface area contributed by atoms with Crippen molar-refractivity contribution < 1.29 is 22.7 Å². The van der Waals surface area contributed by atoms with Gasteiger partial charge in [0, 0.05) is 12.4 Å². The first-order valence-corrected chi connectivity index (χ1v) is 8.08.